The predicted octanol–water partition coefficient (Wildman–Crippen LogP) is 2.74. The molecule has 1 rings (SSSR count). The van der Waals surface area contributed by atoms with Gasteiger partial charge in [-0.05, 0) is 25.2 Å². The minimum atomic E-state index is -0.571. The van der Waals surface area contributed by atoms with E-state index in [1.165, 1.54) is 0 Å². The molecule has 0 saturated heterocycles. The van der Waals surface area contributed by atoms with Gasteiger partial charge in [0.2, 0.25) is 0 Å². The summed E-state index contributed by atoms with van der Waals surface area (Å²) in [5.74, 6) is 0.774. The Kier molecular flexibility index (Phi) is 3.87. The Labute approximate surface area is 93.6 Å². The average molecular weight is 261 g/mol. The fourth-order valence-corrected chi connectivity index (χ4v) is 2.16. The molecule has 0 aliphatic heterocycles. The van der Waals surface area contributed by atoms with E-state index in [2.05, 4.69) is 29.8 Å². The van der Waals surface area contributed by atoms with Crippen LogP contribution in [0.5, 0.6) is 0 Å². The molecule has 0 spiro atoms. The normalized spacial score (nSPS) is 18.3. The lowest BCUT2D eigenvalue weighted by Crippen LogP contribution is -2.27. The highest BCUT2D eigenvalue weighted by molar-refractivity contribution is 9.09. The third-order valence-electron chi connectivity index (χ3n) is 2.89. The molecule has 2 nitrogen and oxygen atoms in total. The molecular weight excluding hydrogens is 244 g/mol. The van der Waals surface area contributed by atoms with Crippen LogP contribution < -0.4 is 0 Å². The van der Waals surface area contributed by atoms with Crippen LogP contribution in [0.15, 0.2) is 0 Å². The molecular formula is C11H17BrO2. The van der Waals surface area contributed by atoms with Gasteiger partial charge in [0.1, 0.15) is 5.78 Å². The maximum Gasteiger partial charge on any atom is 0.156 e. The molecule has 80 valence electrons. The van der Waals surface area contributed by atoms with E-state index in [0.717, 1.165) is 19.3 Å². The number of hydrogen-bond acceptors (Lipinski definition) is 2. The zero-order chi connectivity index (χ0) is 10.8. The highest BCUT2D eigenvalue weighted by atomic mass is 79.9. The Morgan fingerprint density at radius 2 is 1.86 bits per heavy atom. The molecule has 1 aliphatic rings. The van der Waals surface area contributed by atoms with Gasteiger partial charge in [0.05, 0.1) is 10.7 Å². The lowest BCUT2D eigenvalue weighted by Gasteiger charge is -2.11. The van der Waals surface area contributed by atoms with E-state index >= 15 is 0 Å². The largest absolute Gasteiger partial charge is 0.299 e. The van der Waals surface area contributed by atoms with Crippen LogP contribution in [0.1, 0.15) is 39.5 Å². The molecule has 0 aromatic carbocycles. The first-order valence-electron chi connectivity index (χ1n) is 5.15. The third-order valence-corrected chi connectivity index (χ3v) is 3.40. The number of Topliss-reactive ketones (excluding diaryl/α,β-unsaturated/α-hetero) is 2. The number of alkyl halides is 1. The summed E-state index contributed by atoms with van der Waals surface area (Å²) in [6, 6.07) is 0. The molecule has 0 atom stereocenters. The quantitative estimate of drug-likeness (QED) is 0.544. The Morgan fingerprint density at radius 3 is 2.21 bits per heavy atom. The number of carbonyl (C=O) groups is 2. The molecule has 1 saturated carbocycles. The van der Waals surface area contributed by atoms with Crippen molar-refractivity contribution in [2.45, 2.75) is 39.5 Å². The van der Waals surface area contributed by atoms with Gasteiger partial charge >= 0.3 is 0 Å². The number of carbonyl (C=O) groups excluding carboxylic acids is 2. The second-order valence-corrected chi connectivity index (χ2v) is 5.06. The first kappa shape index (κ1) is 11.9. The highest BCUT2D eigenvalue weighted by Crippen LogP contribution is 2.48. The lowest BCUT2D eigenvalue weighted by atomic mass is 9.91. The molecule has 1 fully saturated rings. The molecule has 0 heterocycles. The van der Waals surface area contributed by atoms with Crippen molar-refractivity contribution in [2.75, 3.05) is 5.33 Å². The summed E-state index contributed by atoms with van der Waals surface area (Å²) in [4.78, 5) is 23.3. The average Bonchev–Trinajstić information content (AvgIpc) is 2.93. The maximum absolute atomic E-state index is 11.8. The van der Waals surface area contributed by atoms with Gasteiger partial charge in [0.25, 0.3) is 0 Å². The van der Waals surface area contributed by atoms with Crippen LogP contribution in [-0.2, 0) is 9.59 Å². The molecule has 0 unspecified atom stereocenters. The molecule has 0 bridgehead atoms. The minimum Gasteiger partial charge on any atom is -0.299 e. The monoisotopic (exact) mass is 260 g/mol. The molecule has 0 amide bonds. The fourth-order valence-electron chi connectivity index (χ4n) is 1.63. The van der Waals surface area contributed by atoms with Crippen LogP contribution >= 0.6 is 15.9 Å². The zero-order valence-electron chi connectivity index (χ0n) is 8.81. The van der Waals surface area contributed by atoms with Gasteiger partial charge < -0.3 is 0 Å². The second kappa shape index (κ2) is 4.56. The summed E-state index contributed by atoms with van der Waals surface area (Å²) >= 11 is 3.14. The van der Waals surface area contributed by atoms with Crippen molar-refractivity contribution in [1.29, 1.82) is 0 Å². The van der Waals surface area contributed by atoms with Gasteiger partial charge in [-0.25, -0.2) is 0 Å². The van der Waals surface area contributed by atoms with Gasteiger partial charge in [-0.2, -0.15) is 0 Å². The van der Waals surface area contributed by atoms with Crippen LogP contribution in [0.2, 0.25) is 0 Å². The van der Waals surface area contributed by atoms with Crippen LogP contribution in [0.25, 0.3) is 0 Å². The highest BCUT2D eigenvalue weighted by Gasteiger charge is 2.54. The molecule has 0 aromatic rings. The van der Waals surface area contributed by atoms with Crippen molar-refractivity contribution >= 4 is 27.5 Å². The molecule has 14 heavy (non-hydrogen) atoms. The molecule has 0 aromatic heterocycles. The van der Waals surface area contributed by atoms with Crippen molar-refractivity contribution in [3.05, 3.63) is 0 Å². The van der Waals surface area contributed by atoms with Gasteiger partial charge in [-0.3, -0.25) is 9.59 Å². The minimum absolute atomic E-state index is 0.0752. The molecule has 0 N–H and O–H groups in total. The first-order chi connectivity index (χ1) is 6.53. The second-order valence-electron chi connectivity index (χ2n) is 4.49. The van der Waals surface area contributed by atoms with Crippen LogP contribution in [0.4, 0.5) is 0 Å². The van der Waals surface area contributed by atoms with Crippen LogP contribution in [0, 0.1) is 11.3 Å². The summed E-state index contributed by atoms with van der Waals surface area (Å²) in [5, 5.41) is 0.320. The SMILES string of the molecule is CC(C)CCC(=O)C1(C(=O)CBr)CC1. The van der Waals surface area contributed by atoms with E-state index < -0.39 is 5.41 Å². The van der Waals surface area contributed by atoms with Crippen molar-refractivity contribution in [1.82, 2.24) is 0 Å². The molecule has 3 heteroatoms. The van der Waals surface area contributed by atoms with Crippen LogP contribution in [-0.4, -0.2) is 16.9 Å². The number of halogens is 1. The van der Waals surface area contributed by atoms with Crippen molar-refractivity contribution < 1.29 is 9.59 Å². The Hall–Kier alpha value is -0.180. The van der Waals surface area contributed by atoms with Crippen molar-refractivity contribution in [3.8, 4) is 0 Å². The van der Waals surface area contributed by atoms with Crippen molar-refractivity contribution in [3.63, 3.8) is 0 Å². The Bertz CT molecular complexity index is 242. The van der Waals surface area contributed by atoms with E-state index in [4.69, 9.17) is 0 Å². The summed E-state index contributed by atoms with van der Waals surface area (Å²) in [6.45, 7) is 4.19. The van der Waals surface area contributed by atoms with Gasteiger partial charge in [-0.15, -0.1) is 0 Å². The summed E-state index contributed by atoms with van der Waals surface area (Å²) < 4.78 is 0. The van der Waals surface area contributed by atoms with E-state index in [0.29, 0.717) is 17.7 Å². The van der Waals surface area contributed by atoms with E-state index in [9.17, 15) is 9.59 Å². The summed E-state index contributed by atoms with van der Waals surface area (Å²) in [7, 11) is 0. The van der Waals surface area contributed by atoms with Gasteiger partial charge in [0, 0.05) is 6.42 Å². The third kappa shape index (κ3) is 2.44. The standard InChI is InChI=1S/C11H17BrO2/c1-8(2)3-4-9(13)11(5-6-11)10(14)7-12/h8H,3-7H2,1-2H3. The first-order valence-corrected chi connectivity index (χ1v) is 6.27. The lowest BCUT2D eigenvalue weighted by molar-refractivity contribution is -0.133. The van der Waals surface area contributed by atoms with Crippen molar-refractivity contribution in [2.24, 2.45) is 11.3 Å². The Morgan fingerprint density at radius 1 is 1.29 bits per heavy atom. The predicted molar refractivity (Wildman–Crippen MR) is 59.5 cm³/mol. The van der Waals surface area contributed by atoms with Crippen LogP contribution in [0.3, 0.4) is 0 Å². The smallest absolute Gasteiger partial charge is 0.156 e. The fraction of sp³-hybridized carbons (Fsp3) is 0.818. The molecule has 1 aliphatic carbocycles. The molecule has 0 radical (unpaired) electrons. The van der Waals surface area contributed by atoms with E-state index in [1.807, 2.05) is 0 Å². The van der Waals surface area contributed by atoms with E-state index in [1.54, 1.807) is 0 Å². The topological polar surface area (TPSA) is 34.1 Å². The summed E-state index contributed by atoms with van der Waals surface area (Å²) in [5.41, 5.74) is -0.571. The van der Waals surface area contributed by atoms with E-state index in [-0.39, 0.29) is 11.6 Å². The number of ketones is 2. The summed E-state index contributed by atoms with van der Waals surface area (Å²) in [6.07, 6.45) is 3.01. The van der Waals surface area contributed by atoms with Gasteiger partial charge in [-0.1, -0.05) is 29.8 Å². The number of rotatable bonds is 6. The Balaban J connectivity index is 2.48. The maximum atomic E-state index is 11.8. The van der Waals surface area contributed by atoms with Gasteiger partial charge in [0.15, 0.2) is 5.78 Å². The number of hydrogen-bond donors (Lipinski definition) is 0. The zero-order valence-corrected chi connectivity index (χ0v) is 10.4.